The molecule has 2 heterocycles. The van der Waals surface area contributed by atoms with Crippen molar-refractivity contribution >= 4 is 5.69 Å². The van der Waals surface area contributed by atoms with Gasteiger partial charge in [0, 0.05) is 18.8 Å². The number of hydrogen-bond donors (Lipinski definition) is 0. The molecule has 0 bridgehead atoms. The van der Waals surface area contributed by atoms with Crippen molar-refractivity contribution in [3.05, 3.63) is 29.3 Å². The van der Waals surface area contributed by atoms with Crippen LogP contribution in [-0.2, 0) is 9.47 Å². The molecule has 2 unspecified atom stereocenters. The quantitative estimate of drug-likeness (QED) is 0.727. The van der Waals surface area contributed by atoms with E-state index in [-0.39, 0.29) is 0 Å². The fourth-order valence-corrected chi connectivity index (χ4v) is 2.40. The molecule has 2 fully saturated rings. The Kier molecular flexibility index (Phi) is 2.81. The molecule has 2 aliphatic heterocycles. The predicted octanol–water partition coefficient (Wildman–Crippen LogP) is 1.91. The number of hydrogen-bond acceptors (Lipinski definition) is 3. The standard InChI is InChI=1S/C14H19NO2/c1-10-4-3-5-11(2)14(10)15(6-12-8-16-12)7-13-9-17-13/h3-5,12-13H,6-9H2,1-2H3. The van der Waals surface area contributed by atoms with Crippen molar-refractivity contribution < 1.29 is 9.47 Å². The normalized spacial score (nSPS) is 25.8. The fourth-order valence-electron chi connectivity index (χ4n) is 2.40. The van der Waals surface area contributed by atoms with Gasteiger partial charge in [-0.05, 0) is 25.0 Å². The second kappa shape index (κ2) is 4.31. The van der Waals surface area contributed by atoms with E-state index in [0.717, 1.165) is 26.3 Å². The number of benzene rings is 1. The number of epoxide rings is 2. The average Bonchev–Trinajstić information content (AvgIpc) is 3.12. The summed E-state index contributed by atoms with van der Waals surface area (Å²) in [5.41, 5.74) is 4.04. The highest BCUT2D eigenvalue weighted by Crippen LogP contribution is 2.28. The molecule has 0 N–H and O–H groups in total. The maximum atomic E-state index is 5.36. The van der Waals surface area contributed by atoms with Gasteiger partial charge in [-0.3, -0.25) is 0 Å². The molecule has 0 aliphatic carbocycles. The second-order valence-corrected chi connectivity index (χ2v) is 5.06. The van der Waals surface area contributed by atoms with Crippen molar-refractivity contribution in [2.45, 2.75) is 26.1 Å². The van der Waals surface area contributed by atoms with Crippen molar-refractivity contribution in [3.63, 3.8) is 0 Å². The minimum atomic E-state index is 0.424. The summed E-state index contributed by atoms with van der Waals surface area (Å²) < 4.78 is 10.7. The Balaban J connectivity index is 1.83. The van der Waals surface area contributed by atoms with Gasteiger partial charge in [-0.25, -0.2) is 0 Å². The van der Waals surface area contributed by atoms with Crippen LogP contribution < -0.4 is 4.90 Å². The zero-order valence-electron chi connectivity index (χ0n) is 10.5. The molecule has 0 aromatic heterocycles. The van der Waals surface area contributed by atoms with Crippen LogP contribution in [0.3, 0.4) is 0 Å². The van der Waals surface area contributed by atoms with Crippen LogP contribution in [-0.4, -0.2) is 38.5 Å². The molecule has 2 atom stereocenters. The lowest BCUT2D eigenvalue weighted by molar-refractivity contribution is 0.389. The van der Waals surface area contributed by atoms with E-state index in [2.05, 4.69) is 36.9 Å². The van der Waals surface area contributed by atoms with E-state index >= 15 is 0 Å². The summed E-state index contributed by atoms with van der Waals surface area (Å²) in [5, 5.41) is 0. The molecule has 2 saturated heterocycles. The topological polar surface area (TPSA) is 28.3 Å². The minimum Gasteiger partial charge on any atom is -0.371 e. The van der Waals surface area contributed by atoms with Crippen molar-refractivity contribution in [1.29, 1.82) is 0 Å². The monoisotopic (exact) mass is 233 g/mol. The lowest BCUT2D eigenvalue weighted by Gasteiger charge is -2.27. The lowest BCUT2D eigenvalue weighted by Crippen LogP contribution is -2.32. The van der Waals surface area contributed by atoms with Crippen LogP contribution in [0, 0.1) is 13.8 Å². The number of nitrogens with zero attached hydrogens (tertiary/aromatic N) is 1. The van der Waals surface area contributed by atoms with E-state index in [1.165, 1.54) is 16.8 Å². The zero-order chi connectivity index (χ0) is 11.8. The predicted molar refractivity (Wildman–Crippen MR) is 67.6 cm³/mol. The van der Waals surface area contributed by atoms with E-state index in [4.69, 9.17) is 9.47 Å². The van der Waals surface area contributed by atoms with Gasteiger partial charge >= 0.3 is 0 Å². The first-order chi connectivity index (χ1) is 8.24. The van der Waals surface area contributed by atoms with Gasteiger partial charge in [-0.1, -0.05) is 18.2 Å². The molecule has 3 nitrogen and oxygen atoms in total. The molecule has 92 valence electrons. The molecular weight excluding hydrogens is 214 g/mol. The summed E-state index contributed by atoms with van der Waals surface area (Å²) in [5.74, 6) is 0. The van der Waals surface area contributed by atoms with E-state index in [9.17, 15) is 0 Å². The Bertz CT molecular complexity index is 376. The first-order valence-electron chi connectivity index (χ1n) is 6.28. The summed E-state index contributed by atoms with van der Waals surface area (Å²) >= 11 is 0. The number of ether oxygens (including phenoxy) is 2. The Morgan fingerprint density at radius 3 is 1.94 bits per heavy atom. The SMILES string of the molecule is Cc1cccc(C)c1N(CC1CO1)CC1CO1. The molecule has 17 heavy (non-hydrogen) atoms. The second-order valence-electron chi connectivity index (χ2n) is 5.06. The van der Waals surface area contributed by atoms with Crippen molar-refractivity contribution in [3.8, 4) is 0 Å². The van der Waals surface area contributed by atoms with Gasteiger partial charge < -0.3 is 14.4 Å². The third kappa shape index (κ3) is 2.61. The summed E-state index contributed by atoms with van der Waals surface area (Å²) in [7, 11) is 0. The fraction of sp³-hybridized carbons (Fsp3) is 0.571. The third-order valence-corrected chi connectivity index (χ3v) is 3.41. The molecule has 2 aliphatic rings. The molecular formula is C14H19NO2. The number of aryl methyl sites for hydroxylation is 2. The molecule has 1 aromatic carbocycles. The van der Waals surface area contributed by atoms with Crippen LogP contribution in [0.15, 0.2) is 18.2 Å². The highest BCUT2D eigenvalue weighted by molar-refractivity contribution is 5.59. The van der Waals surface area contributed by atoms with Crippen LogP contribution in [0.4, 0.5) is 5.69 Å². The molecule has 0 amide bonds. The molecule has 0 radical (unpaired) electrons. The molecule has 1 aromatic rings. The van der Waals surface area contributed by atoms with Crippen LogP contribution in [0.1, 0.15) is 11.1 Å². The summed E-state index contributed by atoms with van der Waals surface area (Å²) in [6.45, 7) is 8.16. The Labute approximate surface area is 102 Å². The summed E-state index contributed by atoms with van der Waals surface area (Å²) in [6.07, 6.45) is 0.848. The Morgan fingerprint density at radius 1 is 1.06 bits per heavy atom. The maximum absolute atomic E-state index is 5.36. The van der Waals surface area contributed by atoms with E-state index < -0.39 is 0 Å². The lowest BCUT2D eigenvalue weighted by atomic mass is 10.1. The van der Waals surface area contributed by atoms with Gasteiger partial charge in [0.1, 0.15) is 0 Å². The largest absolute Gasteiger partial charge is 0.371 e. The van der Waals surface area contributed by atoms with Gasteiger partial charge in [0.25, 0.3) is 0 Å². The smallest absolute Gasteiger partial charge is 0.0984 e. The van der Waals surface area contributed by atoms with Gasteiger partial charge in [0.15, 0.2) is 0 Å². The van der Waals surface area contributed by atoms with Gasteiger partial charge in [-0.2, -0.15) is 0 Å². The zero-order valence-corrected chi connectivity index (χ0v) is 10.5. The first kappa shape index (κ1) is 11.1. The maximum Gasteiger partial charge on any atom is 0.0984 e. The van der Waals surface area contributed by atoms with Crippen molar-refractivity contribution in [1.82, 2.24) is 0 Å². The molecule has 3 heteroatoms. The Morgan fingerprint density at radius 2 is 1.53 bits per heavy atom. The average molecular weight is 233 g/mol. The van der Waals surface area contributed by atoms with Crippen LogP contribution in [0.5, 0.6) is 0 Å². The summed E-state index contributed by atoms with van der Waals surface area (Å²) in [4.78, 5) is 2.43. The number of anilines is 1. The van der Waals surface area contributed by atoms with Gasteiger partial charge in [0.2, 0.25) is 0 Å². The Hall–Kier alpha value is -1.06. The van der Waals surface area contributed by atoms with Crippen molar-refractivity contribution in [2.75, 3.05) is 31.2 Å². The summed E-state index contributed by atoms with van der Waals surface area (Å²) in [6, 6.07) is 6.47. The number of para-hydroxylation sites is 1. The molecule has 0 saturated carbocycles. The number of rotatable bonds is 5. The minimum absolute atomic E-state index is 0.424. The van der Waals surface area contributed by atoms with Crippen molar-refractivity contribution in [2.24, 2.45) is 0 Å². The van der Waals surface area contributed by atoms with Crippen LogP contribution in [0.25, 0.3) is 0 Å². The van der Waals surface area contributed by atoms with E-state index in [1.807, 2.05) is 0 Å². The van der Waals surface area contributed by atoms with Gasteiger partial charge in [-0.15, -0.1) is 0 Å². The van der Waals surface area contributed by atoms with E-state index in [1.54, 1.807) is 0 Å². The van der Waals surface area contributed by atoms with Crippen LogP contribution in [0.2, 0.25) is 0 Å². The van der Waals surface area contributed by atoms with Crippen LogP contribution >= 0.6 is 0 Å². The first-order valence-corrected chi connectivity index (χ1v) is 6.28. The highest BCUT2D eigenvalue weighted by Gasteiger charge is 2.31. The highest BCUT2D eigenvalue weighted by atomic mass is 16.6. The third-order valence-electron chi connectivity index (χ3n) is 3.41. The molecule has 0 spiro atoms. The molecule has 3 rings (SSSR count). The van der Waals surface area contributed by atoms with E-state index in [0.29, 0.717) is 12.2 Å². The van der Waals surface area contributed by atoms with Gasteiger partial charge in [0.05, 0.1) is 25.4 Å².